The quantitative estimate of drug-likeness (QED) is 0.764. The van der Waals surface area contributed by atoms with Gasteiger partial charge in [-0.3, -0.25) is 9.59 Å². The molecule has 5 heteroatoms. The lowest BCUT2D eigenvalue weighted by molar-refractivity contribution is -0.129. The van der Waals surface area contributed by atoms with E-state index in [0.717, 1.165) is 11.3 Å². The highest BCUT2D eigenvalue weighted by atomic mass is 16.3. The zero-order chi connectivity index (χ0) is 16.7. The van der Waals surface area contributed by atoms with Crippen LogP contribution in [-0.2, 0) is 16.0 Å². The molecule has 2 amide bonds. The predicted octanol–water partition coefficient (Wildman–Crippen LogP) is 2.04. The lowest BCUT2D eigenvalue weighted by atomic mass is 10.1. The van der Waals surface area contributed by atoms with Crippen molar-refractivity contribution in [2.45, 2.75) is 19.4 Å². The zero-order valence-electron chi connectivity index (χ0n) is 13.0. The summed E-state index contributed by atoms with van der Waals surface area (Å²) in [6.45, 7) is 1.89. The Morgan fingerprint density at radius 3 is 2.30 bits per heavy atom. The maximum atomic E-state index is 11.9. The molecule has 3 N–H and O–H groups in total. The molecule has 0 spiro atoms. The van der Waals surface area contributed by atoms with Crippen LogP contribution in [0.5, 0.6) is 0 Å². The standard InChI is InChI=1S/C18H20N2O3/c1-13(21)20-16-9-7-14(8-10-16)11-12-19-18(23)17(22)15-5-3-2-4-6-15/h2-10,17,22H,11-12H2,1H3,(H,19,23)(H,20,21). The van der Waals surface area contributed by atoms with E-state index in [4.69, 9.17) is 0 Å². The minimum atomic E-state index is -1.15. The summed E-state index contributed by atoms with van der Waals surface area (Å²) in [5.41, 5.74) is 2.35. The second-order valence-corrected chi connectivity index (χ2v) is 5.23. The van der Waals surface area contributed by atoms with Crippen LogP contribution in [0.3, 0.4) is 0 Å². The number of nitrogens with one attached hydrogen (secondary N) is 2. The van der Waals surface area contributed by atoms with Gasteiger partial charge in [-0.2, -0.15) is 0 Å². The molecule has 0 fully saturated rings. The molecule has 0 aromatic heterocycles. The average molecular weight is 312 g/mol. The van der Waals surface area contributed by atoms with Crippen LogP contribution in [0.15, 0.2) is 54.6 Å². The van der Waals surface area contributed by atoms with E-state index >= 15 is 0 Å². The molecule has 0 radical (unpaired) electrons. The third kappa shape index (κ3) is 5.23. The Hall–Kier alpha value is -2.66. The first-order chi connectivity index (χ1) is 11.1. The second-order valence-electron chi connectivity index (χ2n) is 5.23. The largest absolute Gasteiger partial charge is 0.378 e. The Labute approximate surface area is 135 Å². The van der Waals surface area contributed by atoms with Crippen LogP contribution in [0, 0.1) is 0 Å². The fourth-order valence-electron chi connectivity index (χ4n) is 2.17. The van der Waals surface area contributed by atoms with Crippen LogP contribution < -0.4 is 10.6 Å². The summed E-state index contributed by atoms with van der Waals surface area (Å²) in [7, 11) is 0. The maximum absolute atomic E-state index is 11.9. The van der Waals surface area contributed by atoms with E-state index in [-0.39, 0.29) is 5.91 Å². The molecule has 0 aliphatic heterocycles. The van der Waals surface area contributed by atoms with Gasteiger partial charge in [-0.1, -0.05) is 42.5 Å². The number of anilines is 1. The Balaban J connectivity index is 1.80. The Morgan fingerprint density at radius 1 is 1.04 bits per heavy atom. The van der Waals surface area contributed by atoms with Gasteiger partial charge in [0.15, 0.2) is 6.10 Å². The van der Waals surface area contributed by atoms with E-state index in [1.54, 1.807) is 24.3 Å². The first kappa shape index (κ1) is 16.7. The van der Waals surface area contributed by atoms with Crippen molar-refractivity contribution in [3.8, 4) is 0 Å². The average Bonchev–Trinajstić information content (AvgIpc) is 2.56. The summed E-state index contributed by atoms with van der Waals surface area (Å²) in [6, 6.07) is 16.2. The molecular weight excluding hydrogens is 292 g/mol. The van der Waals surface area contributed by atoms with E-state index in [1.807, 2.05) is 30.3 Å². The van der Waals surface area contributed by atoms with E-state index in [9.17, 15) is 14.7 Å². The molecule has 120 valence electrons. The summed E-state index contributed by atoms with van der Waals surface area (Å²) in [5.74, 6) is -0.522. The zero-order valence-corrected chi connectivity index (χ0v) is 13.0. The van der Waals surface area contributed by atoms with Gasteiger partial charge in [-0.25, -0.2) is 0 Å². The normalized spacial score (nSPS) is 11.6. The highest BCUT2D eigenvalue weighted by Crippen LogP contribution is 2.12. The Morgan fingerprint density at radius 2 is 1.70 bits per heavy atom. The molecule has 0 heterocycles. The van der Waals surface area contributed by atoms with Crippen LogP contribution in [0.4, 0.5) is 5.69 Å². The number of rotatable bonds is 6. The maximum Gasteiger partial charge on any atom is 0.253 e. The molecule has 1 atom stereocenters. The topological polar surface area (TPSA) is 78.4 Å². The molecule has 23 heavy (non-hydrogen) atoms. The van der Waals surface area contributed by atoms with Crippen LogP contribution in [0.1, 0.15) is 24.2 Å². The number of hydrogen-bond acceptors (Lipinski definition) is 3. The number of hydrogen-bond donors (Lipinski definition) is 3. The lowest BCUT2D eigenvalue weighted by Gasteiger charge is -2.11. The van der Waals surface area contributed by atoms with Crippen molar-refractivity contribution < 1.29 is 14.7 Å². The van der Waals surface area contributed by atoms with Gasteiger partial charge in [-0.15, -0.1) is 0 Å². The molecule has 0 bridgehead atoms. The molecule has 2 rings (SSSR count). The van der Waals surface area contributed by atoms with Crippen LogP contribution >= 0.6 is 0 Å². The van der Waals surface area contributed by atoms with Crippen molar-refractivity contribution in [1.82, 2.24) is 5.32 Å². The monoisotopic (exact) mass is 312 g/mol. The van der Waals surface area contributed by atoms with Crippen molar-refractivity contribution in [3.05, 3.63) is 65.7 Å². The minimum absolute atomic E-state index is 0.111. The summed E-state index contributed by atoms with van der Waals surface area (Å²) in [4.78, 5) is 22.8. The lowest BCUT2D eigenvalue weighted by Crippen LogP contribution is -2.30. The first-order valence-corrected chi connectivity index (χ1v) is 7.43. The molecule has 0 aliphatic rings. The minimum Gasteiger partial charge on any atom is -0.378 e. The summed E-state index contributed by atoms with van der Waals surface area (Å²) in [5, 5.41) is 15.4. The number of carbonyl (C=O) groups excluding carboxylic acids is 2. The van der Waals surface area contributed by atoms with Gasteiger partial charge in [0.05, 0.1) is 0 Å². The third-order valence-electron chi connectivity index (χ3n) is 3.35. The van der Waals surface area contributed by atoms with Crippen LogP contribution in [0.25, 0.3) is 0 Å². The van der Waals surface area contributed by atoms with E-state index in [0.29, 0.717) is 18.5 Å². The van der Waals surface area contributed by atoms with Crippen molar-refractivity contribution in [3.63, 3.8) is 0 Å². The Bertz CT molecular complexity index is 654. The third-order valence-corrected chi connectivity index (χ3v) is 3.35. The smallest absolute Gasteiger partial charge is 0.253 e. The molecule has 0 saturated heterocycles. The van der Waals surface area contributed by atoms with E-state index in [2.05, 4.69) is 10.6 Å². The van der Waals surface area contributed by atoms with E-state index < -0.39 is 12.0 Å². The Kier molecular flexibility index (Phi) is 5.88. The summed E-state index contributed by atoms with van der Waals surface area (Å²) in [6.07, 6.45) is -0.508. The molecule has 2 aromatic carbocycles. The van der Waals surface area contributed by atoms with Gasteiger partial charge >= 0.3 is 0 Å². The van der Waals surface area contributed by atoms with Gasteiger partial charge in [-0.05, 0) is 29.7 Å². The van der Waals surface area contributed by atoms with Gasteiger partial charge in [0.2, 0.25) is 5.91 Å². The molecule has 5 nitrogen and oxygen atoms in total. The van der Waals surface area contributed by atoms with Gasteiger partial charge in [0.1, 0.15) is 0 Å². The fourth-order valence-corrected chi connectivity index (χ4v) is 2.17. The van der Waals surface area contributed by atoms with Gasteiger partial charge in [0, 0.05) is 19.2 Å². The molecular formula is C18H20N2O3. The SMILES string of the molecule is CC(=O)Nc1ccc(CCNC(=O)C(O)c2ccccc2)cc1. The first-order valence-electron chi connectivity index (χ1n) is 7.43. The van der Waals surface area contributed by atoms with Crippen LogP contribution in [-0.4, -0.2) is 23.5 Å². The number of amides is 2. The van der Waals surface area contributed by atoms with Gasteiger partial charge in [0.25, 0.3) is 5.91 Å². The number of aliphatic hydroxyl groups excluding tert-OH is 1. The van der Waals surface area contributed by atoms with Crippen molar-refractivity contribution >= 4 is 17.5 Å². The fraction of sp³-hybridized carbons (Fsp3) is 0.222. The molecule has 0 aliphatic carbocycles. The van der Waals surface area contributed by atoms with Crippen molar-refractivity contribution in [1.29, 1.82) is 0 Å². The molecule has 2 aromatic rings. The van der Waals surface area contributed by atoms with E-state index in [1.165, 1.54) is 6.92 Å². The summed E-state index contributed by atoms with van der Waals surface area (Å²) >= 11 is 0. The highest BCUT2D eigenvalue weighted by molar-refractivity contribution is 5.88. The second kappa shape index (κ2) is 8.10. The predicted molar refractivity (Wildman–Crippen MR) is 88.9 cm³/mol. The summed E-state index contributed by atoms with van der Waals surface area (Å²) < 4.78 is 0. The van der Waals surface area contributed by atoms with Crippen molar-refractivity contribution in [2.24, 2.45) is 0 Å². The van der Waals surface area contributed by atoms with Crippen molar-refractivity contribution in [2.75, 3.05) is 11.9 Å². The molecule has 0 saturated carbocycles. The number of benzene rings is 2. The van der Waals surface area contributed by atoms with Crippen LogP contribution in [0.2, 0.25) is 0 Å². The van der Waals surface area contributed by atoms with Gasteiger partial charge < -0.3 is 15.7 Å². The number of aliphatic hydroxyl groups is 1. The molecule has 1 unspecified atom stereocenters. The number of carbonyl (C=O) groups is 2. The highest BCUT2D eigenvalue weighted by Gasteiger charge is 2.15.